The SMILES string of the molecule is CSC(C)CCNc1ccc(N)c(C(N)=O)c1. The minimum Gasteiger partial charge on any atom is -0.398 e. The first-order valence-electron chi connectivity index (χ1n) is 5.50. The van der Waals surface area contributed by atoms with E-state index in [9.17, 15) is 4.79 Å². The molecule has 1 unspecified atom stereocenters. The maximum Gasteiger partial charge on any atom is 0.250 e. The van der Waals surface area contributed by atoms with E-state index in [-0.39, 0.29) is 0 Å². The molecule has 0 spiro atoms. The van der Waals surface area contributed by atoms with Crippen LogP contribution in [0.2, 0.25) is 0 Å². The van der Waals surface area contributed by atoms with E-state index in [1.54, 1.807) is 12.1 Å². The summed E-state index contributed by atoms with van der Waals surface area (Å²) in [4.78, 5) is 11.1. The maximum atomic E-state index is 11.1. The molecule has 0 fully saturated rings. The molecule has 0 saturated carbocycles. The number of carbonyl (C=O) groups is 1. The van der Waals surface area contributed by atoms with Crippen LogP contribution < -0.4 is 16.8 Å². The van der Waals surface area contributed by atoms with Crippen LogP contribution >= 0.6 is 11.8 Å². The van der Waals surface area contributed by atoms with Crippen molar-refractivity contribution >= 4 is 29.0 Å². The fraction of sp³-hybridized carbons (Fsp3) is 0.417. The largest absolute Gasteiger partial charge is 0.398 e. The average Bonchev–Trinajstić information content (AvgIpc) is 2.30. The zero-order valence-corrected chi connectivity index (χ0v) is 11.0. The molecular weight excluding hydrogens is 234 g/mol. The van der Waals surface area contributed by atoms with Gasteiger partial charge in [-0.15, -0.1) is 0 Å². The van der Waals surface area contributed by atoms with E-state index in [4.69, 9.17) is 11.5 Å². The number of thioether (sulfide) groups is 1. The number of benzene rings is 1. The van der Waals surface area contributed by atoms with Crippen molar-refractivity contribution in [3.63, 3.8) is 0 Å². The summed E-state index contributed by atoms with van der Waals surface area (Å²) in [5.74, 6) is -0.497. The van der Waals surface area contributed by atoms with E-state index in [0.29, 0.717) is 16.5 Å². The van der Waals surface area contributed by atoms with Crippen LogP contribution in [0, 0.1) is 0 Å². The second-order valence-electron chi connectivity index (χ2n) is 3.93. The number of nitrogens with two attached hydrogens (primary N) is 2. The summed E-state index contributed by atoms with van der Waals surface area (Å²) in [6.07, 6.45) is 3.16. The first-order chi connectivity index (χ1) is 8.04. The lowest BCUT2D eigenvalue weighted by Crippen LogP contribution is -2.14. The normalized spacial score (nSPS) is 12.1. The van der Waals surface area contributed by atoms with E-state index in [1.165, 1.54) is 0 Å². The van der Waals surface area contributed by atoms with E-state index < -0.39 is 5.91 Å². The van der Waals surface area contributed by atoms with Crippen LogP contribution in [0.1, 0.15) is 23.7 Å². The Morgan fingerprint density at radius 1 is 1.53 bits per heavy atom. The zero-order chi connectivity index (χ0) is 12.8. The highest BCUT2D eigenvalue weighted by Crippen LogP contribution is 2.18. The summed E-state index contributed by atoms with van der Waals surface area (Å²) in [7, 11) is 0. The number of carbonyl (C=O) groups excluding carboxylic acids is 1. The van der Waals surface area contributed by atoms with Gasteiger partial charge in [-0.05, 0) is 30.9 Å². The smallest absolute Gasteiger partial charge is 0.250 e. The number of primary amides is 1. The summed E-state index contributed by atoms with van der Waals surface area (Å²) in [6.45, 7) is 3.05. The molecule has 1 atom stereocenters. The molecule has 17 heavy (non-hydrogen) atoms. The van der Waals surface area contributed by atoms with Crippen molar-refractivity contribution in [2.45, 2.75) is 18.6 Å². The first kappa shape index (κ1) is 13.7. The highest BCUT2D eigenvalue weighted by Gasteiger charge is 2.06. The van der Waals surface area contributed by atoms with Crippen LogP contribution in [0.4, 0.5) is 11.4 Å². The molecule has 0 radical (unpaired) electrons. The van der Waals surface area contributed by atoms with Crippen molar-refractivity contribution in [2.24, 2.45) is 5.73 Å². The lowest BCUT2D eigenvalue weighted by Gasteiger charge is -2.11. The molecule has 0 saturated heterocycles. The highest BCUT2D eigenvalue weighted by molar-refractivity contribution is 7.99. The van der Waals surface area contributed by atoms with Crippen molar-refractivity contribution in [3.05, 3.63) is 23.8 Å². The molecule has 1 aromatic rings. The number of nitrogens with one attached hydrogen (secondary N) is 1. The lowest BCUT2D eigenvalue weighted by atomic mass is 10.1. The second-order valence-corrected chi connectivity index (χ2v) is 5.20. The Hall–Kier alpha value is -1.36. The van der Waals surface area contributed by atoms with E-state index in [0.717, 1.165) is 18.7 Å². The summed E-state index contributed by atoms with van der Waals surface area (Å²) in [6, 6.07) is 5.24. The third-order valence-corrected chi connectivity index (χ3v) is 3.64. The van der Waals surface area contributed by atoms with Crippen molar-refractivity contribution in [3.8, 4) is 0 Å². The Morgan fingerprint density at radius 3 is 2.82 bits per heavy atom. The van der Waals surface area contributed by atoms with Gasteiger partial charge in [-0.25, -0.2) is 0 Å². The maximum absolute atomic E-state index is 11.1. The number of nitrogen functional groups attached to an aromatic ring is 1. The second kappa shape index (κ2) is 6.39. The lowest BCUT2D eigenvalue weighted by molar-refractivity contribution is 0.100. The number of hydrogen-bond donors (Lipinski definition) is 3. The molecule has 94 valence electrons. The molecule has 0 heterocycles. The first-order valence-corrected chi connectivity index (χ1v) is 6.79. The summed E-state index contributed by atoms with van der Waals surface area (Å²) >= 11 is 1.84. The summed E-state index contributed by atoms with van der Waals surface area (Å²) < 4.78 is 0. The van der Waals surface area contributed by atoms with E-state index in [2.05, 4.69) is 18.5 Å². The fourth-order valence-electron chi connectivity index (χ4n) is 1.42. The predicted molar refractivity (Wildman–Crippen MR) is 75.5 cm³/mol. The quantitative estimate of drug-likeness (QED) is 0.677. The third-order valence-electron chi connectivity index (χ3n) is 2.60. The van der Waals surface area contributed by atoms with Crippen LogP contribution in [-0.2, 0) is 0 Å². The van der Waals surface area contributed by atoms with Crippen molar-refractivity contribution < 1.29 is 4.79 Å². The molecule has 0 aromatic heterocycles. The molecule has 0 bridgehead atoms. The van der Waals surface area contributed by atoms with Gasteiger partial charge in [0.1, 0.15) is 0 Å². The van der Waals surface area contributed by atoms with Gasteiger partial charge in [0.05, 0.1) is 5.56 Å². The van der Waals surface area contributed by atoms with Crippen molar-refractivity contribution in [1.29, 1.82) is 0 Å². The molecule has 1 rings (SSSR count). The number of hydrogen-bond acceptors (Lipinski definition) is 4. The minimum absolute atomic E-state index is 0.368. The highest BCUT2D eigenvalue weighted by atomic mass is 32.2. The summed E-state index contributed by atoms with van der Waals surface area (Å²) in [5.41, 5.74) is 12.6. The predicted octanol–water partition coefficient (Wildman–Crippen LogP) is 1.92. The third kappa shape index (κ3) is 4.19. The van der Waals surface area contributed by atoms with E-state index >= 15 is 0 Å². The van der Waals surface area contributed by atoms with Crippen molar-refractivity contribution in [1.82, 2.24) is 0 Å². The molecule has 5 heteroatoms. The van der Waals surface area contributed by atoms with Crippen LogP contribution in [0.25, 0.3) is 0 Å². The van der Waals surface area contributed by atoms with Gasteiger partial charge in [-0.3, -0.25) is 4.79 Å². The van der Waals surface area contributed by atoms with Crippen LogP contribution in [0.3, 0.4) is 0 Å². The molecule has 5 N–H and O–H groups in total. The number of rotatable bonds is 6. The Labute approximate surface area is 106 Å². The van der Waals surface area contributed by atoms with Gasteiger partial charge in [0.25, 0.3) is 5.91 Å². The van der Waals surface area contributed by atoms with Gasteiger partial charge in [0.15, 0.2) is 0 Å². The standard InChI is InChI=1S/C12H19N3OS/c1-8(17-2)5-6-15-9-3-4-11(13)10(7-9)12(14)16/h3-4,7-8,15H,5-6,13H2,1-2H3,(H2,14,16). The monoisotopic (exact) mass is 253 g/mol. The topological polar surface area (TPSA) is 81.1 Å². The van der Waals surface area contributed by atoms with E-state index in [1.807, 2.05) is 17.8 Å². The Bertz CT molecular complexity index is 395. The van der Waals surface area contributed by atoms with Crippen LogP contribution in [0.15, 0.2) is 18.2 Å². The minimum atomic E-state index is -0.497. The van der Waals surface area contributed by atoms with Crippen LogP contribution in [-0.4, -0.2) is 24.0 Å². The Morgan fingerprint density at radius 2 is 2.24 bits per heavy atom. The van der Waals surface area contributed by atoms with Gasteiger partial charge >= 0.3 is 0 Å². The van der Waals surface area contributed by atoms with Gasteiger partial charge < -0.3 is 16.8 Å². The average molecular weight is 253 g/mol. The molecule has 0 aliphatic carbocycles. The zero-order valence-electron chi connectivity index (χ0n) is 10.2. The molecular formula is C12H19N3OS. The van der Waals surface area contributed by atoms with Gasteiger partial charge in [0, 0.05) is 23.2 Å². The fourth-order valence-corrected chi connectivity index (χ4v) is 1.77. The van der Waals surface area contributed by atoms with Crippen molar-refractivity contribution in [2.75, 3.05) is 23.9 Å². The van der Waals surface area contributed by atoms with Gasteiger partial charge in [-0.2, -0.15) is 11.8 Å². The molecule has 4 nitrogen and oxygen atoms in total. The molecule has 0 aliphatic rings. The molecule has 1 amide bonds. The number of anilines is 2. The number of amides is 1. The summed E-state index contributed by atoms with van der Waals surface area (Å²) in [5, 5.41) is 3.87. The Balaban J connectivity index is 2.60. The van der Waals surface area contributed by atoms with Gasteiger partial charge in [0.2, 0.25) is 0 Å². The van der Waals surface area contributed by atoms with Gasteiger partial charge in [-0.1, -0.05) is 6.92 Å². The Kier molecular flexibility index (Phi) is 5.15. The molecule has 1 aromatic carbocycles. The molecule has 0 aliphatic heterocycles. The van der Waals surface area contributed by atoms with Crippen LogP contribution in [0.5, 0.6) is 0 Å².